The second kappa shape index (κ2) is 13.0. The Morgan fingerprint density at radius 1 is 1.06 bits per heavy atom. The highest BCUT2D eigenvalue weighted by Crippen LogP contribution is 2.20. The number of nitrogens with zero attached hydrogens (tertiary/aromatic N) is 2. The number of rotatable bonds is 13. The molecule has 0 radical (unpaired) electrons. The lowest BCUT2D eigenvalue weighted by Crippen LogP contribution is -2.53. The molecule has 0 saturated heterocycles. The van der Waals surface area contributed by atoms with Gasteiger partial charge in [0.25, 0.3) is 11.8 Å². The summed E-state index contributed by atoms with van der Waals surface area (Å²) in [5.74, 6) is -3.12. The number of aliphatic carboxylic acids is 1. The first-order valence-electron chi connectivity index (χ1n) is 11.6. The highest BCUT2D eigenvalue weighted by molar-refractivity contribution is 6.15. The average molecular weight is 499 g/mol. The van der Waals surface area contributed by atoms with Gasteiger partial charge in [-0.3, -0.25) is 28.9 Å². The number of nitriles is 1. The van der Waals surface area contributed by atoms with Gasteiger partial charge < -0.3 is 20.5 Å². The van der Waals surface area contributed by atoms with Gasteiger partial charge in [0.1, 0.15) is 17.8 Å². The van der Waals surface area contributed by atoms with Crippen LogP contribution >= 0.6 is 0 Å². The molecule has 2 atom stereocenters. The minimum atomic E-state index is -1.17. The molecule has 1 aromatic carbocycles. The van der Waals surface area contributed by atoms with Crippen molar-refractivity contribution in [3.63, 3.8) is 0 Å². The summed E-state index contributed by atoms with van der Waals surface area (Å²) in [6.45, 7) is 4.99. The summed E-state index contributed by atoms with van der Waals surface area (Å²) < 4.78 is 5.48. The third-order valence-electron chi connectivity index (χ3n) is 5.47. The van der Waals surface area contributed by atoms with Gasteiger partial charge in [0.2, 0.25) is 11.8 Å². The van der Waals surface area contributed by atoms with E-state index in [9.17, 15) is 24.0 Å². The number of carbonyl (C=O) groups is 5. The highest BCUT2D eigenvalue weighted by atomic mass is 16.5. The van der Waals surface area contributed by atoms with E-state index in [4.69, 9.17) is 15.1 Å². The topological polar surface area (TPSA) is 166 Å². The molecule has 0 saturated carbocycles. The summed E-state index contributed by atoms with van der Waals surface area (Å²) in [6.07, 6.45) is 2.77. The molecule has 0 aromatic heterocycles. The first-order valence-corrected chi connectivity index (χ1v) is 11.6. The Kier molecular flexibility index (Phi) is 10.2. The molecule has 1 aliphatic rings. The summed E-state index contributed by atoms with van der Waals surface area (Å²) in [4.78, 5) is 61.3. The molecule has 0 spiro atoms. The number of benzene rings is 1. The van der Waals surface area contributed by atoms with Crippen LogP contribution in [-0.4, -0.2) is 58.2 Å². The molecular formula is C25H30N4O7. The van der Waals surface area contributed by atoms with Gasteiger partial charge >= 0.3 is 5.97 Å². The third kappa shape index (κ3) is 7.94. The lowest BCUT2D eigenvalue weighted by Gasteiger charge is -2.23. The molecule has 36 heavy (non-hydrogen) atoms. The van der Waals surface area contributed by atoms with Crippen LogP contribution in [-0.2, 0) is 24.0 Å². The first kappa shape index (κ1) is 28.0. The fourth-order valence-corrected chi connectivity index (χ4v) is 3.37. The SMILES string of the molecule is CC(C)[C@H](NC(=O)CCCCCN1C(=O)C=C(Oc2ccc(C#N)cc2)C1=O)C(=O)N[C@@H](C)C(=O)O. The monoisotopic (exact) mass is 498 g/mol. The van der Waals surface area contributed by atoms with Crippen molar-refractivity contribution in [1.82, 2.24) is 15.5 Å². The Labute approximate surface area is 209 Å². The van der Waals surface area contributed by atoms with Crippen molar-refractivity contribution in [2.45, 2.75) is 58.5 Å². The summed E-state index contributed by atoms with van der Waals surface area (Å²) >= 11 is 0. The van der Waals surface area contributed by atoms with E-state index in [-0.39, 0.29) is 30.5 Å². The zero-order chi connectivity index (χ0) is 26.8. The van der Waals surface area contributed by atoms with Crippen molar-refractivity contribution in [1.29, 1.82) is 5.26 Å². The van der Waals surface area contributed by atoms with E-state index >= 15 is 0 Å². The van der Waals surface area contributed by atoms with Crippen LogP contribution in [0.2, 0.25) is 0 Å². The lowest BCUT2D eigenvalue weighted by molar-refractivity contribution is -0.142. The molecule has 11 nitrogen and oxygen atoms in total. The average Bonchev–Trinajstić information content (AvgIpc) is 3.09. The number of unbranched alkanes of at least 4 members (excludes halogenated alkanes) is 2. The van der Waals surface area contributed by atoms with Crippen molar-refractivity contribution in [3.05, 3.63) is 41.7 Å². The Hall–Kier alpha value is -4.20. The maximum Gasteiger partial charge on any atom is 0.325 e. The predicted octanol–water partition coefficient (Wildman–Crippen LogP) is 1.48. The molecule has 1 aliphatic heterocycles. The molecule has 11 heteroatoms. The molecule has 0 bridgehead atoms. The molecule has 0 aliphatic carbocycles. The van der Waals surface area contributed by atoms with Crippen molar-refractivity contribution in [2.75, 3.05) is 6.54 Å². The molecule has 3 N–H and O–H groups in total. The van der Waals surface area contributed by atoms with Gasteiger partial charge in [0.15, 0.2) is 5.76 Å². The molecular weight excluding hydrogens is 468 g/mol. The van der Waals surface area contributed by atoms with E-state index in [0.29, 0.717) is 30.6 Å². The van der Waals surface area contributed by atoms with Crippen LogP contribution in [0.3, 0.4) is 0 Å². The fourth-order valence-electron chi connectivity index (χ4n) is 3.37. The third-order valence-corrected chi connectivity index (χ3v) is 5.47. The van der Waals surface area contributed by atoms with E-state index in [2.05, 4.69) is 10.6 Å². The molecule has 4 amide bonds. The van der Waals surface area contributed by atoms with Gasteiger partial charge in [-0.25, -0.2) is 0 Å². The number of carboxylic acid groups (broad SMARTS) is 1. The maximum absolute atomic E-state index is 12.5. The fraction of sp³-hybridized carbons (Fsp3) is 0.440. The zero-order valence-corrected chi connectivity index (χ0v) is 20.4. The number of hydrogen-bond donors (Lipinski definition) is 3. The molecule has 192 valence electrons. The van der Waals surface area contributed by atoms with E-state index in [1.165, 1.54) is 31.2 Å². The summed E-state index contributed by atoms with van der Waals surface area (Å²) in [6, 6.07) is 6.19. The molecule has 0 unspecified atom stereocenters. The van der Waals surface area contributed by atoms with Crippen molar-refractivity contribution < 1.29 is 33.8 Å². The maximum atomic E-state index is 12.5. The van der Waals surface area contributed by atoms with Crippen LogP contribution in [0.4, 0.5) is 0 Å². The van der Waals surface area contributed by atoms with Crippen molar-refractivity contribution >= 4 is 29.6 Å². The summed E-state index contributed by atoms with van der Waals surface area (Å²) in [5.41, 5.74) is 0.441. The number of nitrogens with one attached hydrogen (secondary N) is 2. The number of carboxylic acids is 1. The number of ether oxygens (including phenoxy) is 1. The van der Waals surface area contributed by atoms with Crippen molar-refractivity contribution in [2.24, 2.45) is 5.92 Å². The Balaban J connectivity index is 1.74. The van der Waals surface area contributed by atoms with E-state index < -0.39 is 35.8 Å². The molecule has 2 rings (SSSR count). The van der Waals surface area contributed by atoms with Gasteiger partial charge in [-0.15, -0.1) is 0 Å². The predicted molar refractivity (Wildman–Crippen MR) is 127 cm³/mol. The highest BCUT2D eigenvalue weighted by Gasteiger charge is 2.32. The first-order chi connectivity index (χ1) is 17.0. The zero-order valence-electron chi connectivity index (χ0n) is 20.4. The Bertz CT molecular complexity index is 1070. The molecule has 0 fully saturated rings. The largest absolute Gasteiger partial charge is 0.480 e. The van der Waals surface area contributed by atoms with Crippen LogP contribution in [0.25, 0.3) is 0 Å². The van der Waals surface area contributed by atoms with Gasteiger partial charge in [-0.2, -0.15) is 5.26 Å². The number of carbonyl (C=O) groups excluding carboxylic acids is 4. The van der Waals surface area contributed by atoms with Gasteiger partial charge in [0.05, 0.1) is 17.7 Å². The van der Waals surface area contributed by atoms with Gasteiger partial charge in [-0.1, -0.05) is 20.3 Å². The standard InChI is InChI=1S/C25H30N4O7/c1-15(2)22(23(32)27-16(3)25(34)35)28-20(30)7-5-4-6-12-29-21(31)13-19(24(29)33)36-18-10-8-17(14-26)9-11-18/h8-11,13,15-16,22H,4-7,12H2,1-3H3,(H,27,32)(H,28,30)(H,34,35)/t16-,22-/m0/s1. The smallest absolute Gasteiger partial charge is 0.325 e. The lowest BCUT2D eigenvalue weighted by atomic mass is 10.0. The van der Waals surface area contributed by atoms with E-state index in [1.807, 2.05) is 6.07 Å². The van der Waals surface area contributed by atoms with Crippen LogP contribution in [0, 0.1) is 17.2 Å². The Morgan fingerprint density at radius 3 is 2.31 bits per heavy atom. The van der Waals surface area contributed by atoms with E-state index in [0.717, 1.165) is 11.0 Å². The van der Waals surface area contributed by atoms with Gasteiger partial charge in [-0.05, 0) is 49.9 Å². The van der Waals surface area contributed by atoms with Crippen LogP contribution in [0.1, 0.15) is 52.0 Å². The normalized spacial score (nSPS) is 14.6. The molecule has 1 heterocycles. The van der Waals surface area contributed by atoms with Crippen molar-refractivity contribution in [3.8, 4) is 11.8 Å². The minimum Gasteiger partial charge on any atom is -0.480 e. The number of hydrogen-bond acceptors (Lipinski definition) is 7. The molecule has 1 aromatic rings. The Morgan fingerprint density at radius 2 is 1.72 bits per heavy atom. The minimum absolute atomic E-state index is 0.0979. The second-order valence-corrected chi connectivity index (χ2v) is 8.71. The summed E-state index contributed by atoms with van der Waals surface area (Å²) in [5, 5.41) is 22.8. The van der Waals surface area contributed by atoms with E-state index in [1.54, 1.807) is 13.8 Å². The van der Waals surface area contributed by atoms with Gasteiger partial charge in [0, 0.05) is 13.0 Å². The van der Waals surface area contributed by atoms with Crippen LogP contribution < -0.4 is 15.4 Å². The number of imide groups is 1. The quantitative estimate of drug-likeness (QED) is 0.272. The van der Waals surface area contributed by atoms with Crippen LogP contribution in [0.15, 0.2) is 36.1 Å². The second-order valence-electron chi connectivity index (χ2n) is 8.71. The summed E-state index contributed by atoms with van der Waals surface area (Å²) in [7, 11) is 0. The number of amides is 4. The van der Waals surface area contributed by atoms with Crippen LogP contribution in [0.5, 0.6) is 5.75 Å².